The summed E-state index contributed by atoms with van der Waals surface area (Å²) in [5, 5.41) is 12.0. The number of carbonyl (C=O) groups is 1. The zero-order valence-electron chi connectivity index (χ0n) is 9.92. The van der Waals surface area contributed by atoms with Crippen LogP contribution in [0, 0.1) is 13.8 Å². The van der Waals surface area contributed by atoms with Gasteiger partial charge in [-0.25, -0.2) is 0 Å². The lowest BCUT2D eigenvalue weighted by Crippen LogP contribution is -2.16. The minimum Gasteiger partial charge on any atom is -0.396 e. The van der Waals surface area contributed by atoms with Crippen LogP contribution in [0.25, 0.3) is 0 Å². The molecular weight excluding hydrogens is 258 g/mol. The smallest absolute Gasteiger partial charge is 0.234 e. The molecular formula is C12H16ClNO2S. The van der Waals surface area contributed by atoms with E-state index in [1.165, 1.54) is 11.8 Å². The highest BCUT2D eigenvalue weighted by atomic mass is 35.5. The molecule has 1 aromatic rings. The quantitative estimate of drug-likeness (QED) is 0.811. The largest absolute Gasteiger partial charge is 0.396 e. The molecule has 1 aromatic carbocycles. The van der Waals surface area contributed by atoms with Gasteiger partial charge >= 0.3 is 0 Å². The average Bonchev–Trinajstić information content (AvgIpc) is 2.24. The fourth-order valence-corrected chi connectivity index (χ4v) is 2.38. The zero-order valence-corrected chi connectivity index (χ0v) is 11.5. The number of rotatable bonds is 5. The second-order valence-corrected chi connectivity index (χ2v) is 5.28. The fourth-order valence-electron chi connectivity index (χ4n) is 1.48. The molecule has 1 rings (SSSR count). The van der Waals surface area contributed by atoms with E-state index in [4.69, 9.17) is 16.7 Å². The molecule has 0 radical (unpaired) electrons. The van der Waals surface area contributed by atoms with E-state index in [2.05, 4.69) is 5.32 Å². The van der Waals surface area contributed by atoms with Crippen LogP contribution in [0.4, 0.5) is 5.69 Å². The highest BCUT2D eigenvalue weighted by Gasteiger charge is 2.09. The molecule has 1 amide bonds. The second-order valence-electron chi connectivity index (χ2n) is 3.76. The lowest BCUT2D eigenvalue weighted by molar-refractivity contribution is -0.113. The lowest BCUT2D eigenvalue weighted by Gasteiger charge is -2.11. The van der Waals surface area contributed by atoms with Gasteiger partial charge in [0.15, 0.2) is 0 Å². The molecule has 0 fully saturated rings. The molecule has 0 unspecified atom stereocenters. The van der Waals surface area contributed by atoms with E-state index in [9.17, 15) is 4.79 Å². The molecule has 0 heterocycles. The van der Waals surface area contributed by atoms with E-state index < -0.39 is 0 Å². The van der Waals surface area contributed by atoms with Gasteiger partial charge in [-0.1, -0.05) is 17.7 Å². The summed E-state index contributed by atoms with van der Waals surface area (Å²) < 4.78 is 0. The van der Waals surface area contributed by atoms with Gasteiger partial charge in [-0.2, -0.15) is 0 Å². The van der Waals surface area contributed by atoms with Crippen LogP contribution in [0.2, 0.25) is 5.02 Å². The van der Waals surface area contributed by atoms with Crippen molar-refractivity contribution >= 4 is 35.0 Å². The van der Waals surface area contributed by atoms with Gasteiger partial charge in [0.25, 0.3) is 0 Å². The van der Waals surface area contributed by atoms with Crippen molar-refractivity contribution in [1.29, 1.82) is 0 Å². The maximum absolute atomic E-state index is 11.6. The molecule has 0 aliphatic heterocycles. The summed E-state index contributed by atoms with van der Waals surface area (Å²) in [6.07, 6.45) is 0. The highest BCUT2D eigenvalue weighted by Crippen LogP contribution is 2.27. The number of halogens is 1. The SMILES string of the molecule is Cc1cc(C)c(NC(=O)CSCCO)c(Cl)c1. The van der Waals surface area contributed by atoms with Gasteiger partial charge in [0.1, 0.15) is 0 Å². The van der Waals surface area contributed by atoms with Crippen molar-refractivity contribution in [3.05, 3.63) is 28.3 Å². The number of hydrogen-bond acceptors (Lipinski definition) is 3. The Kier molecular flexibility index (Phi) is 5.82. The molecule has 94 valence electrons. The Balaban J connectivity index is 2.65. The number of carbonyl (C=O) groups excluding carboxylic acids is 1. The van der Waals surface area contributed by atoms with Crippen molar-refractivity contribution in [2.75, 3.05) is 23.4 Å². The maximum atomic E-state index is 11.6. The molecule has 0 aliphatic carbocycles. The predicted octanol–water partition coefficient (Wildman–Crippen LogP) is 2.62. The summed E-state index contributed by atoms with van der Waals surface area (Å²) in [6, 6.07) is 3.80. The third-order valence-corrected chi connectivity index (χ3v) is 3.40. The number of thioether (sulfide) groups is 1. The number of aliphatic hydroxyl groups excluding tert-OH is 1. The van der Waals surface area contributed by atoms with Crippen molar-refractivity contribution in [3.8, 4) is 0 Å². The zero-order chi connectivity index (χ0) is 12.8. The highest BCUT2D eigenvalue weighted by molar-refractivity contribution is 7.99. The summed E-state index contributed by atoms with van der Waals surface area (Å²) in [6.45, 7) is 3.96. The number of nitrogens with one attached hydrogen (secondary N) is 1. The predicted molar refractivity (Wildman–Crippen MR) is 74.0 cm³/mol. The first-order valence-electron chi connectivity index (χ1n) is 5.29. The molecule has 0 atom stereocenters. The number of hydrogen-bond donors (Lipinski definition) is 2. The van der Waals surface area contributed by atoms with Gasteiger partial charge in [0.05, 0.1) is 23.1 Å². The van der Waals surface area contributed by atoms with Gasteiger partial charge < -0.3 is 10.4 Å². The number of amides is 1. The number of aliphatic hydroxyl groups is 1. The number of benzene rings is 1. The summed E-state index contributed by atoms with van der Waals surface area (Å²) in [7, 11) is 0. The third-order valence-electron chi connectivity index (χ3n) is 2.16. The normalized spacial score (nSPS) is 10.4. The monoisotopic (exact) mass is 273 g/mol. The van der Waals surface area contributed by atoms with Crippen molar-refractivity contribution in [2.45, 2.75) is 13.8 Å². The van der Waals surface area contributed by atoms with Crippen molar-refractivity contribution in [1.82, 2.24) is 0 Å². The first-order chi connectivity index (χ1) is 8.04. The first kappa shape index (κ1) is 14.4. The van der Waals surface area contributed by atoms with Gasteiger partial charge in [0, 0.05) is 5.75 Å². The van der Waals surface area contributed by atoms with Crippen molar-refractivity contribution < 1.29 is 9.90 Å². The summed E-state index contributed by atoms with van der Waals surface area (Å²) in [5.74, 6) is 0.787. The number of aryl methyl sites for hydroxylation is 2. The fraction of sp³-hybridized carbons (Fsp3) is 0.417. The Morgan fingerprint density at radius 2 is 2.18 bits per heavy atom. The molecule has 0 saturated heterocycles. The Hall–Kier alpha value is -0.710. The molecule has 5 heteroatoms. The Morgan fingerprint density at radius 1 is 1.47 bits per heavy atom. The second kappa shape index (κ2) is 6.89. The number of anilines is 1. The van der Waals surface area contributed by atoms with E-state index in [1.807, 2.05) is 26.0 Å². The average molecular weight is 274 g/mol. The van der Waals surface area contributed by atoms with Crippen LogP contribution >= 0.6 is 23.4 Å². The van der Waals surface area contributed by atoms with Crippen LogP contribution in [0.15, 0.2) is 12.1 Å². The standard InChI is InChI=1S/C12H16ClNO2S/c1-8-5-9(2)12(10(13)6-8)14-11(16)7-17-4-3-15/h5-6,15H,3-4,7H2,1-2H3,(H,14,16). The first-order valence-corrected chi connectivity index (χ1v) is 6.83. The van der Waals surface area contributed by atoms with Gasteiger partial charge in [0.2, 0.25) is 5.91 Å². The molecule has 0 bridgehead atoms. The van der Waals surface area contributed by atoms with Crippen molar-refractivity contribution in [2.24, 2.45) is 0 Å². The Morgan fingerprint density at radius 3 is 2.76 bits per heavy atom. The van der Waals surface area contributed by atoms with Gasteiger partial charge in [-0.15, -0.1) is 11.8 Å². The van der Waals surface area contributed by atoms with Crippen LogP contribution < -0.4 is 5.32 Å². The molecule has 3 nitrogen and oxygen atoms in total. The molecule has 2 N–H and O–H groups in total. The van der Waals surface area contributed by atoms with E-state index in [0.29, 0.717) is 22.2 Å². The lowest BCUT2D eigenvalue weighted by atomic mass is 10.1. The minimum absolute atomic E-state index is 0.0856. The van der Waals surface area contributed by atoms with Gasteiger partial charge in [-0.3, -0.25) is 4.79 Å². The van der Waals surface area contributed by atoms with Crippen LogP contribution in [0.3, 0.4) is 0 Å². The minimum atomic E-state index is -0.0997. The van der Waals surface area contributed by atoms with Crippen LogP contribution in [0.5, 0.6) is 0 Å². The van der Waals surface area contributed by atoms with E-state index in [0.717, 1.165) is 11.1 Å². The molecule has 17 heavy (non-hydrogen) atoms. The molecule has 0 aromatic heterocycles. The molecule has 0 aliphatic rings. The molecule has 0 saturated carbocycles. The third kappa shape index (κ3) is 4.58. The van der Waals surface area contributed by atoms with Crippen LogP contribution in [0.1, 0.15) is 11.1 Å². The Bertz CT molecular complexity index is 386. The van der Waals surface area contributed by atoms with E-state index in [-0.39, 0.29) is 12.5 Å². The van der Waals surface area contributed by atoms with Crippen molar-refractivity contribution in [3.63, 3.8) is 0 Å². The topological polar surface area (TPSA) is 49.3 Å². The van der Waals surface area contributed by atoms with Crippen LogP contribution in [-0.4, -0.2) is 29.1 Å². The Labute approximate surface area is 111 Å². The summed E-state index contributed by atoms with van der Waals surface area (Å²) in [5.41, 5.74) is 2.70. The van der Waals surface area contributed by atoms with E-state index >= 15 is 0 Å². The van der Waals surface area contributed by atoms with Crippen LogP contribution in [-0.2, 0) is 4.79 Å². The van der Waals surface area contributed by atoms with E-state index in [1.54, 1.807) is 0 Å². The van der Waals surface area contributed by atoms with Gasteiger partial charge in [-0.05, 0) is 31.0 Å². The molecule has 0 spiro atoms. The summed E-state index contributed by atoms with van der Waals surface area (Å²) >= 11 is 7.47. The maximum Gasteiger partial charge on any atom is 0.234 e. The summed E-state index contributed by atoms with van der Waals surface area (Å²) in [4.78, 5) is 11.6.